The molecule has 2 aliphatic heterocycles. The Labute approximate surface area is 150 Å². The first-order valence-corrected chi connectivity index (χ1v) is 9.85. The fourth-order valence-electron chi connectivity index (χ4n) is 3.86. The number of piperidine rings is 1. The molecule has 0 radical (unpaired) electrons. The standard InChI is InChI=1S/C18H22F2N2O2S/c1-25-11-15(23)22-9-7-18(12-22)6-3-8-21(17(18)24)10-13-4-2-5-14(19)16(13)20/h2,4-5H,3,6-12H2,1H3/t18-/m1/s1. The van der Waals surface area contributed by atoms with Gasteiger partial charge in [0.15, 0.2) is 11.6 Å². The van der Waals surface area contributed by atoms with Crippen molar-refractivity contribution in [2.24, 2.45) is 5.41 Å². The van der Waals surface area contributed by atoms with Crippen molar-refractivity contribution in [3.8, 4) is 0 Å². The van der Waals surface area contributed by atoms with Gasteiger partial charge >= 0.3 is 0 Å². The summed E-state index contributed by atoms with van der Waals surface area (Å²) in [5.74, 6) is -1.35. The van der Waals surface area contributed by atoms with E-state index in [9.17, 15) is 18.4 Å². The largest absolute Gasteiger partial charge is 0.341 e. The van der Waals surface area contributed by atoms with Gasteiger partial charge in [-0.2, -0.15) is 11.8 Å². The monoisotopic (exact) mass is 368 g/mol. The second-order valence-electron chi connectivity index (χ2n) is 6.82. The van der Waals surface area contributed by atoms with Gasteiger partial charge in [-0.25, -0.2) is 8.78 Å². The van der Waals surface area contributed by atoms with E-state index in [2.05, 4.69) is 0 Å². The lowest BCUT2D eigenvalue weighted by Gasteiger charge is -2.39. The maximum Gasteiger partial charge on any atom is 0.232 e. The van der Waals surface area contributed by atoms with E-state index in [0.29, 0.717) is 31.8 Å². The van der Waals surface area contributed by atoms with E-state index in [1.54, 1.807) is 9.80 Å². The Morgan fingerprint density at radius 3 is 2.84 bits per heavy atom. The van der Waals surface area contributed by atoms with Crippen molar-refractivity contribution in [3.05, 3.63) is 35.4 Å². The van der Waals surface area contributed by atoms with Crippen molar-refractivity contribution in [1.29, 1.82) is 0 Å². The third-order valence-electron chi connectivity index (χ3n) is 5.19. The van der Waals surface area contributed by atoms with Gasteiger partial charge in [-0.1, -0.05) is 12.1 Å². The van der Waals surface area contributed by atoms with Crippen LogP contribution in [0.25, 0.3) is 0 Å². The van der Waals surface area contributed by atoms with E-state index in [0.717, 1.165) is 18.9 Å². The van der Waals surface area contributed by atoms with Crippen LogP contribution in [-0.4, -0.2) is 53.3 Å². The average molecular weight is 368 g/mol. The summed E-state index contributed by atoms with van der Waals surface area (Å²) in [6.07, 6.45) is 4.09. The summed E-state index contributed by atoms with van der Waals surface area (Å²) in [5.41, 5.74) is -0.366. The number of likely N-dealkylation sites (tertiary alicyclic amines) is 2. The van der Waals surface area contributed by atoms with Crippen molar-refractivity contribution in [2.45, 2.75) is 25.8 Å². The highest BCUT2D eigenvalue weighted by Crippen LogP contribution is 2.40. The Balaban J connectivity index is 1.73. The summed E-state index contributed by atoms with van der Waals surface area (Å²) in [6.45, 7) is 1.64. The van der Waals surface area contributed by atoms with Gasteiger partial charge in [-0.05, 0) is 31.6 Å². The predicted molar refractivity (Wildman–Crippen MR) is 93.0 cm³/mol. The molecule has 2 saturated heterocycles. The van der Waals surface area contributed by atoms with E-state index in [4.69, 9.17) is 0 Å². The molecule has 1 aromatic rings. The SMILES string of the molecule is CSCC(=O)N1CC[C@]2(CCCN(Cc3cccc(F)c3F)C2=O)C1. The molecule has 1 spiro atoms. The number of carbonyl (C=O) groups is 2. The van der Waals surface area contributed by atoms with Gasteiger partial charge in [0.05, 0.1) is 11.2 Å². The lowest BCUT2D eigenvalue weighted by molar-refractivity contribution is -0.146. The number of carbonyl (C=O) groups excluding carboxylic acids is 2. The first kappa shape index (κ1) is 18.2. The van der Waals surface area contributed by atoms with Crippen molar-refractivity contribution in [3.63, 3.8) is 0 Å². The molecule has 3 rings (SSSR count). The fourth-order valence-corrected chi connectivity index (χ4v) is 4.29. The van der Waals surface area contributed by atoms with Crippen LogP contribution in [0.5, 0.6) is 0 Å². The maximum absolute atomic E-state index is 13.9. The number of thioether (sulfide) groups is 1. The number of amides is 2. The zero-order valence-corrected chi connectivity index (χ0v) is 15.1. The number of nitrogens with zero attached hydrogens (tertiary/aromatic N) is 2. The highest BCUT2D eigenvalue weighted by Gasteiger charge is 2.49. The van der Waals surface area contributed by atoms with Crippen LogP contribution in [0.3, 0.4) is 0 Å². The quantitative estimate of drug-likeness (QED) is 0.820. The molecule has 4 nitrogen and oxygen atoms in total. The maximum atomic E-state index is 13.9. The van der Waals surface area contributed by atoms with Crippen LogP contribution < -0.4 is 0 Å². The second-order valence-corrected chi connectivity index (χ2v) is 7.69. The first-order chi connectivity index (χ1) is 12.0. The summed E-state index contributed by atoms with van der Waals surface area (Å²) in [5, 5.41) is 0. The molecule has 7 heteroatoms. The zero-order chi connectivity index (χ0) is 18.0. The van der Waals surface area contributed by atoms with Crippen LogP contribution in [-0.2, 0) is 16.1 Å². The molecule has 0 saturated carbocycles. The van der Waals surface area contributed by atoms with Gasteiger partial charge in [0, 0.05) is 31.7 Å². The van der Waals surface area contributed by atoms with Crippen LogP contribution in [0.1, 0.15) is 24.8 Å². The Hall–Kier alpha value is -1.63. The van der Waals surface area contributed by atoms with Crippen LogP contribution >= 0.6 is 11.8 Å². The Kier molecular flexibility index (Phi) is 5.32. The van der Waals surface area contributed by atoms with Gasteiger partial charge in [-0.15, -0.1) is 0 Å². The Morgan fingerprint density at radius 2 is 2.08 bits per heavy atom. The molecule has 1 atom stereocenters. The molecule has 1 aromatic carbocycles. The molecule has 2 amide bonds. The summed E-state index contributed by atoms with van der Waals surface area (Å²) in [6, 6.07) is 4.04. The third kappa shape index (κ3) is 3.52. The second kappa shape index (κ2) is 7.32. The number of rotatable bonds is 4. The molecular formula is C18H22F2N2O2S. The molecule has 0 N–H and O–H groups in total. The third-order valence-corrected chi connectivity index (χ3v) is 5.73. The number of hydrogen-bond acceptors (Lipinski definition) is 3. The van der Waals surface area contributed by atoms with Crippen LogP contribution in [0.2, 0.25) is 0 Å². The van der Waals surface area contributed by atoms with E-state index in [-0.39, 0.29) is 23.9 Å². The van der Waals surface area contributed by atoms with Crippen LogP contribution in [0.4, 0.5) is 8.78 Å². The normalized spacial score (nSPS) is 23.6. The summed E-state index contributed by atoms with van der Waals surface area (Å²) in [4.78, 5) is 28.5. The summed E-state index contributed by atoms with van der Waals surface area (Å²) < 4.78 is 27.3. The average Bonchev–Trinajstić information content (AvgIpc) is 3.02. The minimum absolute atomic E-state index is 0.0399. The Morgan fingerprint density at radius 1 is 1.28 bits per heavy atom. The molecule has 25 heavy (non-hydrogen) atoms. The van der Waals surface area contributed by atoms with E-state index < -0.39 is 17.0 Å². The zero-order valence-electron chi connectivity index (χ0n) is 14.3. The fraction of sp³-hybridized carbons (Fsp3) is 0.556. The van der Waals surface area contributed by atoms with Crippen molar-refractivity contribution in [2.75, 3.05) is 31.6 Å². The highest BCUT2D eigenvalue weighted by molar-refractivity contribution is 7.99. The van der Waals surface area contributed by atoms with E-state index >= 15 is 0 Å². The van der Waals surface area contributed by atoms with Gasteiger partial charge < -0.3 is 9.80 Å². The van der Waals surface area contributed by atoms with Crippen LogP contribution in [0.15, 0.2) is 18.2 Å². The number of halogens is 2. The summed E-state index contributed by atoms with van der Waals surface area (Å²) >= 11 is 1.47. The molecule has 0 unspecified atom stereocenters. The predicted octanol–water partition coefficient (Wildman–Crippen LogP) is 2.67. The lowest BCUT2D eigenvalue weighted by Crippen LogP contribution is -2.50. The number of hydrogen-bond donors (Lipinski definition) is 0. The molecule has 0 aliphatic carbocycles. The smallest absolute Gasteiger partial charge is 0.232 e. The molecular weight excluding hydrogens is 346 g/mol. The van der Waals surface area contributed by atoms with Gasteiger partial charge in [0.1, 0.15) is 0 Å². The first-order valence-electron chi connectivity index (χ1n) is 8.46. The van der Waals surface area contributed by atoms with Gasteiger partial charge in [0.2, 0.25) is 11.8 Å². The number of benzene rings is 1. The summed E-state index contributed by atoms with van der Waals surface area (Å²) in [7, 11) is 0. The molecule has 0 bridgehead atoms. The molecule has 2 heterocycles. The minimum Gasteiger partial charge on any atom is -0.341 e. The van der Waals surface area contributed by atoms with Crippen LogP contribution in [0, 0.1) is 17.0 Å². The molecule has 2 aliphatic rings. The van der Waals surface area contributed by atoms with Gasteiger partial charge in [0.25, 0.3) is 0 Å². The highest BCUT2D eigenvalue weighted by atomic mass is 32.2. The Bertz CT molecular complexity index is 685. The molecule has 2 fully saturated rings. The van der Waals surface area contributed by atoms with Crippen molar-refractivity contribution in [1.82, 2.24) is 9.80 Å². The molecule has 0 aromatic heterocycles. The minimum atomic E-state index is -0.897. The van der Waals surface area contributed by atoms with Crippen molar-refractivity contribution < 1.29 is 18.4 Å². The van der Waals surface area contributed by atoms with E-state index in [1.165, 1.54) is 23.9 Å². The van der Waals surface area contributed by atoms with Gasteiger partial charge in [-0.3, -0.25) is 9.59 Å². The molecule has 136 valence electrons. The van der Waals surface area contributed by atoms with E-state index in [1.807, 2.05) is 6.26 Å². The lowest BCUT2D eigenvalue weighted by atomic mass is 9.78. The topological polar surface area (TPSA) is 40.6 Å². The van der Waals surface area contributed by atoms with Crippen molar-refractivity contribution >= 4 is 23.6 Å².